The van der Waals surface area contributed by atoms with Gasteiger partial charge in [-0.3, -0.25) is 13.8 Å². The summed E-state index contributed by atoms with van der Waals surface area (Å²) in [6, 6.07) is 4.82. The molecule has 1 aromatic carbocycles. The zero-order chi connectivity index (χ0) is 20.5. The quantitative estimate of drug-likeness (QED) is 0.508. The monoisotopic (exact) mass is 436 g/mol. The van der Waals surface area contributed by atoms with Crippen LogP contribution < -0.4 is 9.62 Å². The van der Waals surface area contributed by atoms with Gasteiger partial charge in [0.25, 0.3) is 5.95 Å². The zero-order valence-electron chi connectivity index (χ0n) is 15.0. The number of alkyl halides is 3. The predicted octanol–water partition coefficient (Wildman–Crippen LogP) is 5.85. The molecule has 2 aromatic rings. The van der Waals surface area contributed by atoms with Crippen molar-refractivity contribution in [1.29, 1.82) is 0 Å². The lowest BCUT2D eigenvalue weighted by molar-refractivity contribution is -0.0518. The molecule has 0 radical (unpaired) electrons. The van der Waals surface area contributed by atoms with Gasteiger partial charge in [0, 0.05) is 18.3 Å². The van der Waals surface area contributed by atoms with E-state index in [2.05, 4.69) is 19.6 Å². The predicted molar refractivity (Wildman–Crippen MR) is 104 cm³/mol. The lowest BCUT2D eigenvalue weighted by Gasteiger charge is -2.35. The second kappa shape index (κ2) is 7.81. The minimum atomic E-state index is -5.23. The van der Waals surface area contributed by atoms with Crippen molar-refractivity contribution in [3.63, 3.8) is 0 Å². The van der Waals surface area contributed by atoms with Gasteiger partial charge in [-0.2, -0.15) is 17.5 Å². The Morgan fingerprint density at radius 1 is 1.32 bits per heavy atom. The smallest absolute Gasteiger partial charge is 0.369 e. The second-order valence-electron chi connectivity index (χ2n) is 6.30. The van der Waals surface area contributed by atoms with E-state index in [-0.39, 0.29) is 23.4 Å². The minimum Gasteiger partial charge on any atom is -0.369 e. The molecule has 1 unspecified atom stereocenters. The van der Waals surface area contributed by atoms with Crippen LogP contribution in [-0.4, -0.2) is 36.6 Å². The summed E-state index contributed by atoms with van der Waals surface area (Å²) < 4.78 is 63.6. The van der Waals surface area contributed by atoms with Gasteiger partial charge in [-0.05, 0) is 67.2 Å². The van der Waals surface area contributed by atoms with E-state index in [0.29, 0.717) is 10.7 Å². The number of rotatable bonds is 5. The van der Waals surface area contributed by atoms with Crippen molar-refractivity contribution in [1.82, 2.24) is 9.36 Å². The van der Waals surface area contributed by atoms with Crippen molar-refractivity contribution < 1.29 is 22.3 Å². The van der Waals surface area contributed by atoms with Crippen molar-refractivity contribution >= 4 is 45.3 Å². The normalized spacial score (nSPS) is 18.8. The Balaban J connectivity index is 1.96. The number of hydrogen-bond donors (Lipinski definition) is 3. The topological polar surface area (TPSA) is 106 Å². The summed E-state index contributed by atoms with van der Waals surface area (Å²) in [7, 11) is -5.11. The molecule has 0 saturated carbocycles. The molecule has 1 aromatic heterocycles. The summed E-state index contributed by atoms with van der Waals surface area (Å²) in [5.41, 5.74) is -4.75. The van der Waals surface area contributed by atoms with E-state index >= 15 is 0 Å². The molecule has 1 aliphatic rings. The first-order chi connectivity index (χ1) is 13.1. The standard InChI is InChI=1S/C15H19F3N6O2S2/c1-9-4-3-7-24(9)11-5-6-12(20-21-14-19-10(2)27-22-14)13(8-11)23-28(25,26)15(16,17)18/h5-6,8-9,23,25-26H,3-4,7H2,1-2H3. The van der Waals surface area contributed by atoms with Gasteiger partial charge in [-0.15, -0.1) is 10.2 Å². The molecule has 154 valence electrons. The molecule has 1 saturated heterocycles. The summed E-state index contributed by atoms with van der Waals surface area (Å²) in [6.45, 7) is 4.51. The Morgan fingerprint density at radius 3 is 2.64 bits per heavy atom. The summed E-state index contributed by atoms with van der Waals surface area (Å²) in [5.74, 6) is 0.0770. The number of azo groups is 1. The highest BCUT2D eigenvalue weighted by atomic mass is 32.3. The van der Waals surface area contributed by atoms with Crippen molar-refractivity contribution in [2.45, 2.75) is 38.2 Å². The van der Waals surface area contributed by atoms with Crippen LogP contribution in [0.15, 0.2) is 28.4 Å². The van der Waals surface area contributed by atoms with Gasteiger partial charge in [0.05, 0.1) is 5.69 Å². The maximum Gasteiger partial charge on any atom is 0.514 e. The van der Waals surface area contributed by atoms with E-state index in [1.165, 1.54) is 12.1 Å². The van der Waals surface area contributed by atoms with Crippen LogP contribution in [0.5, 0.6) is 0 Å². The van der Waals surface area contributed by atoms with Gasteiger partial charge in [-0.1, -0.05) is 0 Å². The Morgan fingerprint density at radius 2 is 2.07 bits per heavy atom. The molecule has 28 heavy (non-hydrogen) atoms. The molecular formula is C15H19F3N6O2S2. The molecule has 3 N–H and O–H groups in total. The maximum atomic E-state index is 13.0. The molecule has 2 heterocycles. The molecule has 1 fully saturated rings. The highest BCUT2D eigenvalue weighted by Gasteiger charge is 2.46. The largest absolute Gasteiger partial charge is 0.514 e. The molecule has 8 nitrogen and oxygen atoms in total. The van der Waals surface area contributed by atoms with Crippen LogP contribution in [0.1, 0.15) is 24.8 Å². The molecule has 13 heteroatoms. The van der Waals surface area contributed by atoms with E-state index in [4.69, 9.17) is 0 Å². The zero-order valence-corrected chi connectivity index (χ0v) is 16.6. The summed E-state index contributed by atoms with van der Waals surface area (Å²) >= 11 is 1.11. The summed E-state index contributed by atoms with van der Waals surface area (Å²) in [5, 5.41) is 8.37. The van der Waals surface area contributed by atoms with E-state index in [1.807, 2.05) is 11.8 Å². The van der Waals surface area contributed by atoms with E-state index < -0.39 is 16.3 Å². The first-order valence-electron chi connectivity index (χ1n) is 8.32. The molecule has 1 atom stereocenters. The molecule has 3 rings (SSSR count). The Hall–Kier alpha value is -1.96. The van der Waals surface area contributed by atoms with Crippen molar-refractivity contribution in [3.8, 4) is 0 Å². The first-order valence-corrected chi connectivity index (χ1v) is 10.6. The fourth-order valence-electron chi connectivity index (χ4n) is 2.83. The lowest BCUT2D eigenvalue weighted by Crippen LogP contribution is -2.27. The third-order valence-corrected chi connectivity index (χ3v) is 5.96. The fraction of sp³-hybridized carbons (Fsp3) is 0.467. The average molecular weight is 436 g/mol. The summed E-state index contributed by atoms with van der Waals surface area (Å²) in [4.78, 5) is 6.04. The van der Waals surface area contributed by atoms with Crippen LogP contribution >= 0.6 is 22.3 Å². The van der Waals surface area contributed by atoms with E-state index in [1.54, 1.807) is 17.7 Å². The van der Waals surface area contributed by atoms with Gasteiger partial charge in [-0.25, -0.2) is 4.98 Å². The SMILES string of the molecule is Cc1nc(N=Nc2ccc(N3CCCC3C)cc2NS(O)(O)C(F)(F)F)ns1. The highest BCUT2D eigenvalue weighted by molar-refractivity contribution is 8.26. The van der Waals surface area contributed by atoms with Crippen LogP contribution in [0.4, 0.5) is 36.2 Å². The number of hydrogen-bond acceptors (Lipinski definition) is 9. The fourth-order valence-corrected chi connectivity index (χ4v) is 3.83. The Labute approximate surface area is 165 Å². The number of aromatic nitrogens is 2. The molecule has 0 aliphatic carbocycles. The van der Waals surface area contributed by atoms with Crippen LogP contribution in [0.25, 0.3) is 0 Å². The van der Waals surface area contributed by atoms with Crippen molar-refractivity contribution in [3.05, 3.63) is 23.2 Å². The Bertz CT molecular complexity index is 874. The van der Waals surface area contributed by atoms with E-state index in [0.717, 1.165) is 30.9 Å². The lowest BCUT2D eigenvalue weighted by atomic mass is 10.2. The van der Waals surface area contributed by atoms with Gasteiger partial charge in [0.1, 0.15) is 10.7 Å². The maximum absolute atomic E-state index is 13.0. The van der Waals surface area contributed by atoms with Crippen LogP contribution in [-0.2, 0) is 0 Å². The molecule has 0 bridgehead atoms. The van der Waals surface area contributed by atoms with Gasteiger partial charge in [0.15, 0.2) is 0 Å². The van der Waals surface area contributed by atoms with Crippen LogP contribution in [0, 0.1) is 6.92 Å². The Kier molecular flexibility index (Phi) is 5.79. The number of aryl methyl sites for hydroxylation is 1. The third-order valence-electron chi connectivity index (χ3n) is 4.20. The third kappa shape index (κ3) is 4.54. The number of anilines is 2. The van der Waals surface area contributed by atoms with Crippen LogP contribution in [0.2, 0.25) is 0 Å². The number of benzene rings is 1. The van der Waals surface area contributed by atoms with Gasteiger partial charge >= 0.3 is 5.51 Å². The second-order valence-corrected chi connectivity index (χ2v) is 9.02. The first kappa shape index (κ1) is 20.8. The summed E-state index contributed by atoms with van der Waals surface area (Å²) in [6.07, 6.45) is 1.94. The molecule has 1 aliphatic heterocycles. The minimum absolute atomic E-state index is 0.00674. The number of nitrogens with zero attached hydrogens (tertiary/aromatic N) is 5. The highest BCUT2D eigenvalue weighted by Crippen LogP contribution is 2.56. The van der Waals surface area contributed by atoms with Crippen molar-refractivity contribution in [2.75, 3.05) is 16.2 Å². The average Bonchev–Trinajstić information content (AvgIpc) is 3.20. The molecule has 0 spiro atoms. The van der Waals surface area contributed by atoms with Crippen LogP contribution in [0.3, 0.4) is 0 Å². The molecular weight excluding hydrogens is 417 g/mol. The van der Waals surface area contributed by atoms with Gasteiger partial charge < -0.3 is 4.90 Å². The number of nitrogens with one attached hydrogen (secondary N) is 1. The van der Waals surface area contributed by atoms with Gasteiger partial charge in [0.2, 0.25) is 0 Å². The van der Waals surface area contributed by atoms with Crippen molar-refractivity contribution in [2.24, 2.45) is 10.2 Å². The van der Waals surface area contributed by atoms with E-state index in [9.17, 15) is 22.3 Å². The molecule has 0 amide bonds. The number of halogens is 3.